The molecule has 0 radical (unpaired) electrons. The van der Waals surface area contributed by atoms with Gasteiger partial charge in [0.1, 0.15) is 17.7 Å². The molecule has 2 fully saturated rings. The lowest BCUT2D eigenvalue weighted by atomic mass is 9.84. The van der Waals surface area contributed by atoms with Crippen LogP contribution in [0, 0.1) is 17.2 Å². The first-order valence-corrected chi connectivity index (χ1v) is 13.1. The fraction of sp³-hybridized carbons (Fsp3) is 0.556. The van der Waals surface area contributed by atoms with Crippen LogP contribution in [-0.2, 0) is 15.2 Å². The van der Waals surface area contributed by atoms with Gasteiger partial charge in [0.25, 0.3) is 5.91 Å². The standard InChI is InChI=1S/C27H35N7O4/c1-27(2,38)23-15-30-32-34(23)20-13-22(24(29)35)33(16-20)26(37)21(12-17-6-4-3-5-7-17)31-25(36)19-10-8-18(14-28)9-11-19/h8-11,15,17,20-22,38H,3-7,12-13,16H2,1-2H3,(H2,29,35)(H,31,36)/t20?,21-,22?/m1/s1. The van der Waals surface area contributed by atoms with Gasteiger partial charge in [-0.05, 0) is 50.5 Å². The molecule has 2 aromatic rings. The van der Waals surface area contributed by atoms with E-state index >= 15 is 0 Å². The molecule has 1 aliphatic carbocycles. The number of carbonyl (C=O) groups excluding carboxylic acids is 3. The Kier molecular flexibility index (Phi) is 8.11. The minimum atomic E-state index is -1.22. The first-order chi connectivity index (χ1) is 18.1. The average molecular weight is 522 g/mol. The van der Waals surface area contributed by atoms with Gasteiger partial charge in [-0.15, -0.1) is 5.10 Å². The van der Waals surface area contributed by atoms with E-state index in [2.05, 4.69) is 15.6 Å². The molecule has 38 heavy (non-hydrogen) atoms. The van der Waals surface area contributed by atoms with Gasteiger partial charge in [-0.25, -0.2) is 4.68 Å². The van der Waals surface area contributed by atoms with Crippen LogP contribution in [0.5, 0.6) is 0 Å². The number of likely N-dealkylation sites (tertiary alicyclic amines) is 1. The third-order valence-electron chi connectivity index (χ3n) is 7.61. The van der Waals surface area contributed by atoms with Gasteiger partial charge in [0.05, 0.1) is 29.6 Å². The van der Waals surface area contributed by atoms with E-state index in [-0.39, 0.29) is 24.8 Å². The summed E-state index contributed by atoms with van der Waals surface area (Å²) in [6, 6.07) is 6.10. The summed E-state index contributed by atoms with van der Waals surface area (Å²) in [5.41, 5.74) is 5.75. The minimum Gasteiger partial charge on any atom is -0.384 e. The second-order valence-corrected chi connectivity index (χ2v) is 10.9. The monoisotopic (exact) mass is 521 g/mol. The molecule has 2 heterocycles. The van der Waals surface area contributed by atoms with E-state index < -0.39 is 35.5 Å². The van der Waals surface area contributed by atoms with Crippen molar-refractivity contribution < 1.29 is 19.5 Å². The molecule has 2 aliphatic rings. The predicted octanol–water partition coefficient (Wildman–Crippen LogP) is 1.77. The minimum absolute atomic E-state index is 0.146. The molecule has 0 spiro atoms. The number of nitrogens with zero attached hydrogens (tertiary/aromatic N) is 5. The van der Waals surface area contributed by atoms with Crippen molar-refractivity contribution in [2.24, 2.45) is 11.7 Å². The summed E-state index contributed by atoms with van der Waals surface area (Å²) in [7, 11) is 0. The summed E-state index contributed by atoms with van der Waals surface area (Å²) in [5, 5.41) is 30.5. The van der Waals surface area contributed by atoms with Gasteiger partial charge >= 0.3 is 0 Å². The summed E-state index contributed by atoms with van der Waals surface area (Å²) in [5.74, 6) is -1.15. The Morgan fingerprint density at radius 2 is 1.89 bits per heavy atom. The van der Waals surface area contributed by atoms with E-state index in [0.29, 0.717) is 23.2 Å². The van der Waals surface area contributed by atoms with E-state index in [0.717, 1.165) is 32.1 Å². The van der Waals surface area contributed by atoms with Crippen molar-refractivity contribution in [2.75, 3.05) is 6.54 Å². The Bertz CT molecular complexity index is 1210. The highest BCUT2D eigenvalue weighted by molar-refractivity contribution is 5.98. The first-order valence-electron chi connectivity index (χ1n) is 13.1. The summed E-state index contributed by atoms with van der Waals surface area (Å²) >= 11 is 0. The normalized spacial score (nSPS) is 21.1. The number of rotatable bonds is 8. The number of benzene rings is 1. The number of primary amides is 1. The highest BCUT2D eigenvalue weighted by Crippen LogP contribution is 2.33. The molecular weight excluding hydrogens is 486 g/mol. The van der Waals surface area contributed by atoms with Crippen LogP contribution in [0.4, 0.5) is 0 Å². The maximum Gasteiger partial charge on any atom is 0.251 e. The molecule has 11 nitrogen and oxygen atoms in total. The van der Waals surface area contributed by atoms with E-state index in [1.165, 1.54) is 11.1 Å². The smallest absolute Gasteiger partial charge is 0.251 e. The van der Waals surface area contributed by atoms with Crippen LogP contribution in [0.1, 0.15) is 86.5 Å². The number of nitrogens with two attached hydrogens (primary N) is 1. The molecule has 1 aromatic heterocycles. The van der Waals surface area contributed by atoms with Gasteiger partial charge in [-0.3, -0.25) is 14.4 Å². The summed E-state index contributed by atoms with van der Waals surface area (Å²) in [4.78, 5) is 41.0. The van der Waals surface area contributed by atoms with Crippen molar-refractivity contribution in [3.05, 3.63) is 47.3 Å². The maximum atomic E-state index is 14.0. The lowest BCUT2D eigenvalue weighted by molar-refractivity contribution is -0.139. The molecule has 3 atom stereocenters. The van der Waals surface area contributed by atoms with Crippen LogP contribution < -0.4 is 11.1 Å². The number of nitriles is 1. The Morgan fingerprint density at radius 1 is 1.21 bits per heavy atom. The quantitative estimate of drug-likeness (QED) is 0.476. The Labute approximate surface area is 222 Å². The van der Waals surface area contributed by atoms with Gasteiger partial charge in [-0.2, -0.15) is 5.26 Å². The Balaban J connectivity index is 1.58. The van der Waals surface area contributed by atoms with Crippen molar-refractivity contribution in [2.45, 2.75) is 82.5 Å². The maximum absolute atomic E-state index is 14.0. The zero-order valence-corrected chi connectivity index (χ0v) is 21.8. The lowest BCUT2D eigenvalue weighted by Crippen LogP contribution is -2.53. The topological polar surface area (TPSA) is 167 Å². The van der Waals surface area contributed by atoms with Gasteiger partial charge < -0.3 is 21.1 Å². The largest absolute Gasteiger partial charge is 0.384 e. The number of hydrogen-bond donors (Lipinski definition) is 3. The van der Waals surface area contributed by atoms with E-state index in [1.54, 1.807) is 42.8 Å². The Morgan fingerprint density at radius 3 is 2.50 bits per heavy atom. The molecule has 3 amide bonds. The first kappa shape index (κ1) is 27.3. The fourth-order valence-electron chi connectivity index (χ4n) is 5.57. The van der Waals surface area contributed by atoms with Crippen molar-refractivity contribution in [1.82, 2.24) is 25.2 Å². The van der Waals surface area contributed by atoms with Crippen LogP contribution in [-0.4, -0.2) is 61.4 Å². The number of carbonyl (C=O) groups is 3. The number of amides is 3. The van der Waals surface area contributed by atoms with Crippen molar-refractivity contribution in [3.63, 3.8) is 0 Å². The predicted molar refractivity (Wildman–Crippen MR) is 137 cm³/mol. The van der Waals surface area contributed by atoms with Gasteiger partial charge in [-0.1, -0.05) is 37.3 Å². The lowest BCUT2D eigenvalue weighted by Gasteiger charge is -2.31. The molecule has 2 unspecified atom stereocenters. The van der Waals surface area contributed by atoms with Gasteiger partial charge in [0, 0.05) is 18.5 Å². The van der Waals surface area contributed by atoms with Crippen molar-refractivity contribution in [1.29, 1.82) is 5.26 Å². The number of hydrogen-bond acceptors (Lipinski definition) is 7. The summed E-state index contributed by atoms with van der Waals surface area (Å²) < 4.78 is 1.55. The second-order valence-electron chi connectivity index (χ2n) is 10.9. The van der Waals surface area contributed by atoms with Crippen LogP contribution in [0.25, 0.3) is 0 Å². The molecular formula is C27H35N7O4. The number of nitrogens with one attached hydrogen (secondary N) is 1. The van der Waals surface area contributed by atoms with E-state index in [1.807, 2.05) is 6.07 Å². The van der Waals surface area contributed by atoms with Crippen LogP contribution in [0.3, 0.4) is 0 Å². The van der Waals surface area contributed by atoms with Crippen LogP contribution in [0.15, 0.2) is 30.5 Å². The molecule has 1 saturated heterocycles. The SMILES string of the molecule is CC(C)(O)c1cnnn1C1CC(C(N)=O)N(C(=O)[C@@H](CC2CCCCC2)NC(=O)c2ccc(C#N)cc2)C1. The van der Waals surface area contributed by atoms with Crippen LogP contribution >= 0.6 is 0 Å². The second kappa shape index (κ2) is 11.3. The molecule has 1 aromatic carbocycles. The third-order valence-corrected chi connectivity index (χ3v) is 7.61. The summed E-state index contributed by atoms with van der Waals surface area (Å²) in [6.07, 6.45) is 7.43. The number of aromatic nitrogens is 3. The third kappa shape index (κ3) is 6.02. The van der Waals surface area contributed by atoms with Crippen molar-refractivity contribution >= 4 is 17.7 Å². The molecule has 4 N–H and O–H groups in total. The van der Waals surface area contributed by atoms with E-state index in [9.17, 15) is 19.5 Å². The fourth-order valence-corrected chi connectivity index (χ4v) is 5.57. The molecule has 202 valence electrons. The molecule has 0 bridgehead atoms. The molecule has 4 rings (SSSR count). The van der Waals surface area contributed by atoms with E-state index in [4.69, 9.17) is 11.0 Å². The Hall–Kier alpha value is -3.78. The number of aliphatic hydroxyl groups is 1. The van der Waals surface area contributed by atoms with Gasteiger partial charge in [0.15, 0.2) is 0 Å². The van der Waals surface area contributed by atoms with Gasteiger partial charge in [0.2, 0.25) is 11.8 Å². The molecule has 1 saturated carbocycles. The zero-order valence-electron chi connectivity index (χ0n) is 21.8. The molecule has 11 heteroatoms. The van der Waals surface area contributed by atoms with Crippen molar-refractivity contribution in [3.8, 4) is 6.07 Å². The summed E-state index contributed by atoms with van der Waals surface area (Å²) in [6.45, 7) is 3.38. The van der Waals surface area contributed by atoms with Crippen LogP contribution in [0.2, 0.25) is 0 Å². The molecule has 1 aliphatic heterocycles. The zero-order chi connectivity index (χ0) is 27.4. The average Bonchev–Trinajstić information content (AvgIpc) is 3.56. The highest BCUT2D eigenvalue weighted by atomic mass is 16.3. The highest BCUT2D eigenvalue weighted by Gasteiger charge is 2.44.